The number of ether oxygens (including phenoxy) is 1. The van der Waals surface area contributed by atoms with Crippen molar-refractivity contribution in [2.45, 2.75) is 12.7 Å². The lowest BCUT2D eigenvalue weighted by atomic mass is 10.1. The molecule has 0 bridgehead atoms. The average Bonchev–Trinajstić information content (AvgIpc) is 2.63. The third-order valence-corrected chi connectivity index (χ3v) is 4.07. The van der Waals surface area contributed by atoms with Crippen molar-refractivity contribution in [3.8, 4) is 5.75 Å². The van der Waals surface area contributed by atoms with E-state index in [1.165, 1.54) is 18.2 Å². The van der Waals surface area contributed by atoms with Crippen LogP contribution in [0.2, 0.25) is 0 Å². The summed E-state index contributed by atoms with van der Waals surface area (Å²) in [5.41, 5.74) is -1.17. The highest BCUT2D eigenvalue weighted by Gasteiger charge is 2.32. The Morgan fingerprint density at radius 1 is 1.19 bits per heavy atom. The number of hydrogen-bond acceptors (Lipinski definition) is 4. The first-order valence-electron chi connectivity index (χ1n) is 7.77. The number of hydrogen-bond donors (Lipinski definition) is 1. The molecule has 0 aromatic heterocycles. The van der Waals surface area contributed by atoms with Crippen LogP contribution < -0.4 is 9.64 Å². The van der Waals surface area contributed by atoms with E-state index in [9.17, 15) is 27.2 Å². The number of ketones is 1. The van der Waals surface area contributed by atoms with Gasteiger partial charge in [-0.25, -0.2) is 4.39 Å². The number of benzene rings is 2. The normalized spacial score (nSPS) is 14.0. The van der Waals surface area contributed by atoms with Crippen LogP contribution in [0.4, 0.5) is 23.2 Å². The number of alkyl halides is 3. The first-order valence-corrected chi connectivity index (χ1v) is 7.77. The molecule has 1 amide bonds. The van der Waals surface area contributed by atoms with E-state index in [1.54, 1.807) is 0 Å². The van der Waals surface area contributed by atoms with Crippen LogP contribution in [0.25, 0.3) is 0 Å². The number of rotatable bonds is 4. The molecule has 0 saturated carbocycles. The molecule has 2 aromatic rings. The Hall–Kier alpha value is -2.94. The van der Waals surface area contributed by atoms with Crippen LogP contribution in [0.3, 0.4) is 0 Å². The number of aliphatic hydroxyl groups is 1. The molecule has 3 rings (SSSR count). The van der Waals surface area contributed by atoms with E-state index in [0.717, 1.165) is 4.90 Å². The van der Waals surface area contributed by atoms with Crippen molar-refractivity contribution < 1.29 is 37.0 Å². The Bertz CT molecular complexity index is 911. The zero-order valence-corrected chi connectivity index (χ0v) is 13.7. The van der Waals surface area contributed by atoms with Gasteiger partial charge in [-0.15, -0.1) is 0 Å². The summed E-state index contributed by atoms with van der Waals surface area (Å²) in [6, 6.07) is 6.01. The molecule has 5 nitrogen and oxygen atoms in total. The number of nitrogens with zero attached hydrogens (tertiary/aromatic N) is 1. The minimum Gasteiger partial charge on any atom is -0.482 e. The smallest absolute Gasteiger partial charge is 0.416 e. The molecule has 2 aromatic carbocycles. The van der Waals surface area contributed by atoms with E-state index in [2.05, 4.69) is 0 Å². The maximum absolute atomic E-state index is 14.1. The molecule has 0 saturated heterocycles. The van der Waals surface area contributed by atoms with E-state index in [4.69, 9.17) is 9.84 Å². The fourth-order valence-electron chi connectivity index (χ4n) is 2.68. The third-order valence-electron chi connectivity index (χ3n) is 4.07. The van der Waals surface area contributed by atoms with Crippen molar-refractivity contribution in [2.75, 3.05) is 18.1 Å². The lowest BCUT2D eigenvalue weighted by Gasteiger charge is -2.30. The van der Waals surface area contributed by atoms with E-state index in [0.29, 0.717) is 18.2 Å². The summed E-state index contributed by atoms with van der Waals surface area (Å²) in [5, 5.41) is 8.97. The highest BCUT2D eigenvalue weighted by Crippen LogP contribution is 2.35. The zero-order chi connectivity index (χ0) is 19.8. The molecule has 1 aliphatic heterocycles. The fraction of sp³-hybridized carbons (Fsp3) is 0.222. The Balaban J connectivity index is 2.01. The molecule has 9 heteroatoms. The van der Waals surface area contributed by atoms with E-state index in [-0.39, 0.29) is 29.2 Å². The van der Waals surface area contributed by atoms with Gasteiger partial charge in [0.1, 0.15) is 18.2 Å². The Morgan fingerprint density at radius 3 is 2.59 bits per heavy atom. The van der Waals surface area contributed by atoms with Gasteiger partial charge in [0.15, 0.2) is 12.4 Å². The van der Waals surface area contributed by atoms with Gasteiger partial charge in [-0.05, 0) is 36.4 Å². The van der Waals surface area contributed by atoms with E-state index < -0.39 is 42.4 Å². The highest BCUT2D eigenvalue weighted by atomic mass is 19.4. The quantitative estimate of drug-likeness (QED) is 0.651. The number of amides is 1. The molecule has 1 aliphatic rings. The molecule has 0 aliphatic carbocycles. The summed E-state index contributed by atoms with van der Waals surface area (Å²) >= 11 is 0. The van der Waals surface area contributed by atoms with Gasteiger partial charge in [0.25, 0.3) is 5.91 Å². The van der Waals surface area contributed by atoms with Crippen molar-refractivity contribution in [3.63, 3.8) is 0 Å². The van der Waals surface area contributed by atoms with Crippen molar-refractivity contribution in [1.82, 2.24) is 0 Å². The summed E-state index contributed by atoms with van der Waals surface area (Å²) < 4.78 is 58.0. The van der Waals surface area contributed by atoms with Gasteiger partial charge in [0.05, 0.1) is 17.8 Å². The maximum Gasteiger partial charge on any atom is 0.416 e. The van der Waals surface area contributed by atoms with Crippen molar-refractivity contribution in [3.05, 3.63) is 58.9 Å². The number of halogens is 4. The summed E-state index contributed by atoms with van der Waals surface area (Å²) in [7, 11) is 0. The zero-order valence-electron chi connectivity index (χ0n) is 13.7. The second-order valence-corrected chi connectivity index (χ2v) is 5.84. The van der Waals surface area contributed by atoms with Crippen LogP contribution >= 0.6 is 0 Å². The molecular weight excluding hydrogens is 370 g/mol. The van der Waals surface area contributed by atoms with Crippen molar-refractivity contribution >= 4 is 17.4 Å². The van der Waals surface area contributed by atoms with Gasteiger partial charge in [-0.3, -0.25) is 9.59 Å². The molecule has 142 valence electrons. The lowest BCUT2D eigenvalue weighted by Crippen LogP contribution is -2.38. The lowest BCUT2D eigenvalue weighted by molar-refractivity contribution is -0.137. The number of carbonyl (C=O) groups is 2. The summed E-state index contributed by atoms with van der Waals surface area (Å²) in [5.74, 6) is -1.89. The second kappa shape index (κ2) is 6.99. The largest absolute Gasteiger partial charge is 0.482 e. The average molecular weight is 383 g/mol. The first-order chi connectivity index (χ1) is 12.7. The summed E-state index contributed by atoms with van der Waals surface area (Å²) in [4.78, 5) is 24.9. The molecule has 0 atom stereocenters. The molecule has 27 heavy (non-hydrogen) atoms. The molecular formula is C18H13F4NO4. The predicted molar refractivity (Wildman–Crippen MR) is 85.9 cm³/mol. The number of carbonyl (C=O) groups excluding carboxylic acids is 2. The monoisotopic (exact) mass is 383 g/mol. The SMILES string of the molecule is O=C(CO)c1ccc2c(c1)N(Cc1cc(C(F)(F)F)ccc1F)C(=O)CO2. The van der Waals surface area contributed by atoms with E-state index in [1.807, 2.05) is 0 Å². The van der Waals surface area contributed by atoms with Crippen LogP contribution in [0.5, 0.6) is 5.75 Å². The van der Waals surface area contributed by atoms with Crippen LogP contribution in [0.1, 0.15) is 21.5 Å². The van der Waals surface area contributed by atoms with Crippen molar-refractivity contribution in [1.29, 1.82) is 0 Å². The van der Waals surface area contributed by atoms with Crippen LogP contribution in [-0.2, 0) is 17.5 Å². The number of fused-ring (bicyclic) bond motifs is 1. The fourth-order valence-corrected chi connectivity index (χ4v) is 2.68. The molecule has 0 fully saturated rings. The minimum atomic E-state index is -4.66. The van der Waals surface area contributed by atoms with Gasteiger partial charge in [-0.1, -0.05) is 0 Å². The van der Waals surface area contributed by atoms with Gasteiger partial charge in [0.2, 0.25) is 0 Å². The van der Waals surface area contributed by atoms with Crippen LogP contribution in [0.15, 0.2) is 36.4 Å². The van der Waals surface area contributed by atoms with Gasteiger partial charge in [0, 0.05) is 11.1 Å². The number of aliphatic hydroxyl groups excluding tert-OH is 1. The van der Waals surface area contributed by atoms with Crippen LogP contribution in [-0.4, -0.2) is 30.0 Å². The first kappa shape index (κ1) is 18.8. The van der Waals surface area contributed by atoms with Crippen LogP contribution in [0, 0.1) is 5.82 Å². The Kier molecular flexibility index (Phi) is 4.88. The molecule has 1 N–H and O–H groups in total. The number of Topliss-reactive ketones (excluding diaryl/α,β-unsaturated/α-hetero) is 1. The molecule has 1 heterocycles. The second-order valence-electron chi connectivity index (χ2n) is 5.84. The van der Waals surface area contributed by atoms with E-state index >= 15 is 0 Å². The van der Waals surface area contributed by atoms with Crippen molar-refractivity contribution in [2.24, 2.45) is 0 Å². The predicted octanol–water partition coefficient (Wildman–Crippen LogP) is 2.95. The molecule has 0 radical (unpaired) electrons. The summed E-state index contributed by atoms with van der Waals surface area (Å²) in [6.45, 7) is -1.60. The summed E-state index contributed by atoms with van der Waals surface area (Å²) in [6.07, 6.45) is -4.66. The minimum absolute atomic E-state index is 0.0871. The Morgan fingerprint density at radius 2 is 1.93 bits per heavy atom. The maximum atomic E-state index is 14.1. The topological polar surface area (TPSA) is 66.8 Å². The highest BCUT2D eigenvalue weighted by molar-refractivity contribution is 6.02. The standard InChI is InChI=1S/C18H13F4NO4/c19-13-3-2-12(18(20,21)22)5-11(13)7-23-14-6-10(15(25)8-24)1-4-16(14)27-9-17(23)26/h1-6,24H,7-9H2. The number of anilines is 1. The van der Waals surface area contributed by atoms with Gasteiger partial charge in [-0.2, -0.15) is 13.2 Å². The molecule has 0 unspecified atom stereocenters. The van der Waals surface area contributed by atoms with Gasteiger partial charge < -0.3 is 14.7 Å². The van der Waals surface area contributed by atoms with Gasteiger partial charge >= 0.3 is 6.18 Å². The third kappa shape index (κ3) is 3.77. The Labute approximate surface area is 150 Å². The molecule has 0 spiro atoms.